The average Bonchev–Trinajstić information content (AvgIpc) is 3.55. The molecule has 3 aliphatic rings. The van der Waals surface area contributed by atoms with E-state index in [0.29, 0.717) is 23.6 Å². The number of allylic oxidation sites excluding steroid dienone is 4. The van der Waals surface area contributed by atoms with Gasteiger partial charge in [0.05, 0.1) is 33.2 Å². The fraction of sp³-hybridized carbons (Fsp3) is 0.333. The summed E-state index contributed by atoms with van der Waals surface area (Å²) in [5, 5.41) is 12.4. The summed E-state index contributed by atoms with van der Waals surface area (Å²) in [7, 11) is 2.16. The Morgan fingerprint density at radius 3 is 2.82 bits per heavy atom. The summed E-state index contributed by atoms with van der Waals surface area (Å²) >= 11 is -0.404. The Morgan fingerprint density at radius 1 is 1.18 bits per heavy atom. The molecule has 10 nitrogen and oxygen atoms in total. The molecule has 6 heterocycles. The number of amides is 1. The minimum absolute atomic E-state index is 0.266. The van der Waals surface area contributed by atoms with Crippen molar-refractivity contribution in [2.24, 2.45) is 4.99 Å². The summed E-state index contributed by atoms with van der Waals surface area (Å²) in [4.78, 5) is 27.2. The molecule has 6 rings (SSSR count). The number of nitrogens with zero attached hydrogens (tertiary/aromatic N) is 8. The molecule has 1 saturated heterocycles. The quantitative estimate of drug-likeness (QED) is 0.440. The van der Waals surface area contributed by atoms with Crippen molar-refractivity contribution in [2.45, 2.75) is 19.3 Å². The zero-order valence-corrected chi connectivity index (χ0v) is 23.8. The number of anilines is 1. The van der Waals surface area contributed by atoms with Crippen LogP contribution in [0.15, 0.2) is 69.3 Å². The van der Waals surface area contributed by atoms with Crippen LogP contribution < -0.4 is 5.32 Å². The predicted molar refractivity (Wildman–Crippen MR) is 158 cm³/mol. The number of rotatable bonds is 5. The first-order chi connectivity index (χ1) is 18.4. The lowest BCUT2D eigenvalue weighted by Gasteiger charge is -2.37. The molecule has 0 aromatic carbocycles. The summed E-state index contributed by atoms with van der Waals surface area (Å²) in [5.74, 6) is 0.370. The highest BCUT2D eigenvalue weighted by Gasteiger charge is 2.33. The van der Waals surface area contributed by atoms with E-state index in [2.05, 4.69) is 68.4 Å². The average molecular weight is 624 g/mol. The van der Waals surface area contributed by atoms with Crippen molar-refractivity contribution in [2.75, 3.05) is 45.1 Å². The molecular formula is C27H30IN9O. The van der Waals surface area contributed by atoms with Gasteiger partial charge in [-0.15, -0.1) is 0 Å². The highest BCUT2D eigenvalue weighted by Crippen LogP contribution is 2.32. The number of fused-ring (bicyclic) bond motifs is 1. The first kappa shape index (κ1) is 24.9. The normalized spacial score (nSPS) is 22.1. The van der Waals surface area contributed by atoms with Gasteiger partial charge in [-0.3, -0.25) is 9.79 Å². The molecule has 0 aliphatic carbocycles. The molecule has 0 spiro atoms. The van der Waals surface area contributed by atoms with Crippen molar-refractivity contribution >= 4 is 48.0 Å². The first-order valence-electron chi connectivity index (χ1n) is 12.6. The molecule has 0 radical (unpaired) electrons. The summed E-state index contributed by atoms with van der Waals surface area (Å²) in [6.45, 7) is 8.91. The fourth-order valence-electron chi connectivity index (χ4n) is 4.75. The molecule has 0 bridgehead atoms. The van der Waals surface area contributed by atoms with E-state index in [4.69, 9.17) is 10.1 Å². The summed E-state index contributed by atoms with van der Waals surface area (Å²) in [6.07, 6.45) is 13.5. The van der Waals surface area contributed by atoms with Crippen molar-refractivity contribution in [3.8, 4) is 0 Å². The Kier molecular flexibility index (Phi) is 6.56. The van der Waals surface area contributed by atoms with Crippen LogP contribution in [0.1, 0.15) is 29.9 Å². The number of dihydropyridines is 1. The fourth-order valence-corrected chi connectivity index (χ4v) is 6.78. The van der Waals surface area contributed by atoms with Crippen LogP contribution >= 0.6 is 20.7 Å². The minimum Gasteiger partial charge on any atom is -0.368 e. The molecule has 196 valence electrons. The summed E-state index contributed by atoms with van der Waals surface area (Å²) < 4.78 is 6.86. The van der Waals surface area contributed by atoms with Gasteiger partial charge < -0.3 is 15.1 Å². The van der Waals surface area contributed by atoms with E-state index in [0.717, 1.165) is 41.2 Å². The van der Waals surface area contributed by atoms with E-state index >= 15 is 0 Å². The van der Waals surface area contributed by atoms with E-state index in [9.17, 15) is 4.79 Å². The van der Waals surface area contributed by atoms with Gasteiger partial charge in [-0.2, -0.15) is 10.2 Å². The third kappa shape index (κ3) is 4.75. The number of nitrogens with one attached hydrogen (secondary N) is 1. The maximum absolute atomic E-state index is 13.4. The second kappa shape index (κ2) is 10.0. The first-order valence-corrected chi connectivity index (χ1v) is 14.9. The standard InChI is InChI=1S/C27H30IN9O/c1-19-5-6-23(28-15-19)37-24(32-26(38)21-17-31-36-8-4-7-30-25(21)36)13-22(33-37)27(2)14-20(16-29-18-27)35-11-9-34(3)10-12-35/h4-8,13-17H,9-12,18H2,1-3H3,(H,32,38). The number of hydrogen-bond acceptors (Lipinski definition) is 7. The zero-order valence-electron chi connectivity index (χ0n) is 21.7. The maximum Gasteiger partial charge on any atom is 0.262 e. The smallest absolute Gasteiger partial charge is 0.262 e. The van der Waals surface area contributed by atoms with Crippen molar-refractivity contribution < 1.29 is 4.79 Å². The molecule has 0 saturated carbocycles. The molecule has 1 N–H and O–H groups in total. The Bertz CT molecular complexity index is 1550. The topological polar surface area (TPSA) is 96.0 Å². The van der Waals surface area contributed by atoms with Crippen LogP contribution in [-0.4, -0.2) is 89.7 Å². The molecule has 3 aromatic heterocycles. The Hall–Kier alpha value is -3.45. The van der Waals surface area contributed by atoms with E-state index < -0.39 is 26.1 Å². The van der Waals surface area contributed by atoms with Crippen molar-refractivity contribution in [1.29, 1.82) is 0 Å². The lowest BCUT2D eigenvalue weighted by atomic mass is 9.84. The molecule has 1 fully saturated rings. The Morgan fingerprint density at radius 2 is 2.03 bits per heavy atom. The molecule has 3 aromatic rings. The van der Waals surface area contributed by atoms with Crippen molar-refractivity contribution in [1.82, 2.24) is 34.2 Å². The van der Waals surface area contributed by atoms with E-state index in [1.807, 2.05) is 17.0 Å². The number of hydrogen-bond donors (Lipinski definition) is 1. The number of carbonyl (C=O) groups is 1. The second-order valence-electron chi connectivity index (χ2n) is 10.1. The van der Waals surface area contributed by atoms with Gasteiger partial charge in [-0.25, -0.2) is 14.2 Å². The van der Waals surface area contributed by atoms with Crippen LogP contribution in [0.25, 0.3) is 5.65 Å². The van der Waals surface area contributed by atoms with Gasteiger partial charge in [0.1, 0.15) is 11.4 Å². The predicted octanol–water partition coefficient (Wildman–Crippen LogP) is 3.07. The molecule has 3 aliphatic heterocycles. The zero-order chi connectivity index (χ0) is 26.3. The van der Waals surface area contributed by atoms with Gasteiger partial charge >= 0.3 is 0 Å². The SMILES string of the molecule is CC1=CI=C(n2nc(C3(C)C=C(N4CCN(C)CC4)C=NC3)cc2NC(=O)c2cnn3cccnc23)C=C1. The van der Waals surface area contributed by atoms with Crippen LogP contribution in [-0.2, 0) is 5.41 Å². The Labute approximate surface area is 231 Å². The number of piperazine rings is 1. The lowest BCUT2D eigenvalue weighted by Crippen LogP contribution is -2.45. The molecule has 1 unspecified atom stereocenters. The maximum atomic E-state index is 13.4. The number of halogens is 1. The number of likely N-dealkylation sites (N-methyl/N-ethyl adjacent to an activating group) is 1. The Balaban J connectivity index is 1.36. The van der Waals surface area contributed by atoms with Gasteiger partial charge in [-0.05, 0) is 48.8 Å². The van der Waals surface area contributed by atoms with Crippen LogP contribution in [0.3, 0.4) is 0 Å². The monoisotopic (exact) mass is 623 g/mol. The third-order valence-electron chi connectivity index (χ3n) is 7.06. The van der Waals surface area contributed by atoms with E-state index in [-0.39, 0.29) is 5.91 Å². The highest BCUT2D eigenvalue weighted by atomic mass is 127. The molecular weight excluding hydrogens is 593 g/mol. The number of carbonyl (C=O) groups excluding carboxylic acids is 1. The van der Waals surface area contributed by atoms with E-state index in [1.165, 1.54) is 5.57 Å². The summed E-state index contributed by atoms with van der Waals surface area (Å²) in [6, 6.07) is 3.78. The van der Waals surface area contributed by atoms with Gasteiger partial charge in [0.25, 0.3) is 5.91 Å². The largest absolute Gasteiger partial charge is 0.368 e. The van der Waals surface area contributed by atoms with Crippen molar-refractivity contribution in [3.63, 3.8) is 0 Å². The highest BCUT2D eigenvalue weighted by molar-refractivity contribution is 14.2. The lowest BCUT2D eigenvalue weighted by molar-refractivity contribution is 0.102. The van der Waals surface area contributed by atoms with Crippen LogP contribution in [0.4, 0.5) is 5.82 Å². The molecule has 11 heteroatoms. The van der Waals surface area contributed by atoms with Crippen LogP contribution in [0.5, 0.6) is 0 Å². The van der Waals surface area contributed by atoms with Crippen LogP contribution in [0, 0.1) is 0 Å². The van der Waals surface area contributed by atoms with E-state index in [1.54, 1.807) is 29.2 Å². The number of aromatic nitrogens is 5. The van der Waals surface area contributed by atoms with Gasteiger partial charge in [0.15, 0.2) is 5.65 Å². The molecule has 1 atom stereocenters. The van der Waals surface area contributed by atoms with Crippen LogP contribution in [0.2, 0.25) is 0 Å². The number of aliphatic imine (C=N–C) groups is 1. The second-order valence-corrected chi connectivity index (χ2v) is 12.4. The van der Waals surface area contributed by atoms with Gasteiger partial charge in [-0.1, -0.05) is 26.8 Å². The van der Waals surface area contributed by atoms with Gasteiger partial charge in [0.2, 0.25) is 0 Å². The van der Waals surface area contributed by atoms with Crippen molar-refractivity contribution in [3.05, 3.63) is 75.6 Å². The molecule has 1 amide bonds. The summed E-state index contributed by atoms with van der Waals surface area (Å²) in [5.41, 5.74) is 3.81. The third-order valence-corrected chi connectivity index (χ3v) is 9.81. The minimum atomic E-state index is -0.404. The van der Waals surface area contributed by atoms with Gasteiger partial charge in [0, 0.05) is 50.9 Å². The molecule has 38 heavy (non-hydrogen) atoms.